The molecule has 4 aromatic rings. The molecule has 0 atom stereocenters. The van der Waals surface area contributed by atoms with E-state index in [4.69, 9.17) is 11.6 Å². The molecular formula is C28H22ClN5O4S. The number of halogens is 1. The van der Waals surface area contributed by atoms with Gasteiger partial charge in [-0.2, -0.15) is 0 Å². The maximum absolute atomic E-state index is 13.2. The highest BCUT2D eigenvalue weighted by atomic mass is 35.5. The minimum Gasteiger partial charge on any atom is -0.356 e. The molecule has 39 heavy (non-hydrogen) atoms. The van der Waals surface area contributed by atoms with Crippen LogP contribution in [0.5, 0.6) is 0 Å². The number of amides is 3. The number of carbonyl (C=O) groups is 4. The average molecular weight is 560 g/mol. The Balaban J connectivity index is 1.35. The number of nitrogens with one attached hydrogen (secondary N) is 1. The second-order valence-electron chi connectivity index (χ2n) is 8.70. The number of fused-ring (bicyclic) bond motifs is 1. The first-order chi connectivity index (χ1) is 18.8. The maximum atomic E-state index is 13.2. The van der Waals surface area contributed by atoms with Crippen molar-refractivity contribution < 1.29 is 19.2 Å². The molecule has 3 amide bonds. The van der Waals surface area contributed by atoms with E-state index in [1.54, 1.807) is 60.7 Å². The van der Waals surface area contributed by atoms with Gasteiger partial charge in [0.1, 0.15) is 5.82 Å². The Hall–Kier alpha value is -4.28. The summed E-state index contributed by atoms with van der Waals surface area (Å²) in [6.45, 7) is 1.83. The predicted octanol–water partition coefficient (Wildman–Crippen LogP) is 4.37. The Morgan fingerprint density at radius 2 is 1.59 bits per heavy atom. The lowest BCUT2D eigenvalue weighted by atomic mass is 10.1. The van der Waals surface area contributed by atoms with Crippen LogP contribution in [0.4, 0.5) is 5.69 Å². The van der Waals surface area contributed by atoms with Gasteiger partial charge in [0.05, 0.1) is 22.6 Å². The van der Waals surface area contributed by atoms with Crippen LogP contribution in [0.3, 0.4) is 0 Å². The summed E-state index contributed by atoms with van der Waals surface area (Å²) in [6, 6.07) is 20.3. The molecular weight excluding hydrogens is 538 g/mol. The lowest BCUT2D eigenvalue weighted by molar-refractivity contribution is -0.118. The van der Waals surface area contributed by atoms with Gasteiger partial charge in [-0.25, -0.2) is 4.90 Å². The van der Waals surface area contributed by atoms with Gasteiger partial charge in [0, 0.05) is 36.2 Å². The van der Waals surface area contributed by atoms with Gasteiger partial charge in [-0.3, -0.25) is 23.7 Å². The summed E-state index contributed by atoms with van der Waals surface area (Å²) in [4.78, 5) is 51.3. The zero-order valence-electron chi connectivity index (χ0n) is 20.8. The minimum atomic E-state index is -0.419. The smallest absolute Gasteiger partial charge is 0.266 e. The highest BCUT2D eigenvalue weighted by molar-refractivity contribution is 7.99. The molecule has 1 aromatic heterocycles. The van der Waals surface area contributed by atoms with E-state index in [1.165, 1.54) is 18.7 Å². The molecule has 5 rings (SSSR count). The van der Waals surface area contributed by atoms with Crippen LogP contribution in [0.25, 0.3) is 5.69 Å². The van der Waals surface area contributed by atoms with Crippen LogP contribution in [-0.4, -0.2) is 50.6 Å². The van der Waals surface area contributed by atoms with Gasteiger partial charge in [-0.05, 0) is 48.5 Å². The van der Waals surface area contributed by atoms with Crippen LogP contribution < -0.4 is 10.2 Å². The third kappa shape index (κ3) is 5.47. The standard InChI is InChI=1S/C28H22ClN5O4S/c1-17(35)30-14-13-25-31-32-28(33(25)20-11-9-19(29)10-12-20)39-16-24(36)18-5-4-6-21(15-18)34-26(37)22-7-2-3-8-23(22)27(34)38/h2-12,15H,13-14,16H2,1H3,(H,30,35). The van der Waals surface area contributed by atoms with Gasteiger partial charge >= 0.3 is 0 Å². The number of rotatable bonds is 9. The number of hydrogen-bond acceptors (Lipinski definition) is 7. The minimum absolute atomic E-state index is 0.0446. The third-order valence-electron chi connectivity index (χ3n) is 6.06. The molecule has 1 aliphatic rings. The van der Waals surface area contributed by atoms with Crippen molar-refractivity contribution in [3.8, 4) is 5.69 Å². The van der Waals surface area contributed by atoms with Crippen LogP contribution in [-0.2, 0) is 11.2 Å². The average Bonchev–Trinajstić information content (AvgIpc) is 3.45. The number of benzene rings is 3. The third-order valence-corrected chi connectivity index (χ3v) is 7.24. The summed E-state index contributed by atoms with van der Waals surface area (Å²) in [5, 5.41) is 12.4. The summed E-state index contributed by atoms with van der Waals surface area (Å²) in [7, 11) is 0. The largest absolute Gasteiger partial charge is 0.356 e. The second-order valence-corrected chi connectivity index (χ2v) is 10.1. The molecule has 0 saturated carbocycles. The highest BCUT2D eigenvalue weighted by Crippen LogP contribution is 2.30. The Morgan fingerprint density at radius 1 is 0.897 bits per heavy atom. The Bertz CT molecular complexity index is 1570. The molecule has 11 heteroatoms. The quantitative estimate of drug-likeness (QED) is 0.184. The summed E-state index contributed by atoms with van der Waals surface area (Å²) in [5.41, 5.74) is 2.14. The molecule has 1 aliphatic heterocycles. The van der Waals surface area contributed by atoms with Crippen LogP contribution in [0.2, 0.25) is 5.02 Å². The zero-order chi connectivity index (χ0) is 27.5. The second kappa shape index (κ2) is 11.2. The molecule has 0 unspecified atom stereocenters. The first kappa shape index (κ1) is 26.3. The number of nitrogens with zero attached hydrogens (tertiary/aromatic N) is 4. The molecule has 3 aromatic carbocycles. The molecule has 0 radical (unpaired) electrons. The van der Waals surface area contributed by atoms with Gasteiger partial charge < -0.3 is 5.32 Å². The maximum Gasteiger partial charge on any atom is 0.266 e. The molecule has 196 valence electrons. The molecule has 0 aliphatic carbocycles. The van der Waals surface area contributed by atoms with Crippen molar-refractivity contribution in [3.63, 3.8) is 0 Å². The number of Topliss-reactive ketones (excluding diaryl/α,β-unsaturated/α-hetero) is 1. The number of carbonyl (C=O) groups excluding carboxylic acids is 4. The van der Waals surface area contributed by atoms with E-state index in [1.807, 2.05) is 16.7 Å². The van der Waals surface area contributed by atoms with E-state index >= 15 is 0 Å². The van der Waals surface area contributed by atoms with E-state index in [-0.39, 0.29) is 17.4 Å². The SMILES string of the molecule is CC(=O)NCCc1nnc(SCC(=O)c2cccc(N3C(=O)c4ccccc4C3=O)c2)n1-c1ccc(Cl)cc1. The van der Waals surface area contributed by atoms with E-state index < -0.39 is 11.8 Å². The van der Waals surface area contributed by atoms with E-state index in [9.17, 15) is 19.2 Å². The van der Waals surface area contributed by atoms with Gasteiger partial charge in [-0.1, -0.05) is 47.6 Å². The van der Waals surface area contributed by atoms with Crippen LogP contribution in [0.1, 0.15) is 43.8 Å². The fourth-order valence-corrected chi connectivity index (χ4v) is 5.20. The lowest BCUT2D eigenvalue weighted by Gasteiger charge is -2.15. The van der Waals surface area contributed by atoms with Crippen molar-refractivity contribution >= 4 is 52.6 Å². The lowest BCUT2D eigenvalue weighted by Crippen LogP contribution is -2.29. The van der Waals surface area contributed by atoms with Crippen molar-refractivity contribution in [2.45, 2.75) is 18.5 Å². The Morgan fingerprint density at radius 3 is 2.26 bits per heavy atom. The molecule has 0 spiro atoms. The van der Waals surface area contributed by atoms with E-state index in [2.05, 4.69) is 15.5 Å². The Kier molecular flexibility index (Phi) is 7.58. The Labute approximate surface area is 233 Å². The van der Waals surface area contributed by atoms with Crippen molar-refractivity contribution in [1.29, 1.82) is 0 Å². The fourth-order valence-electron chi connectivity index (χ4n) is 4.21. The molecule has 1 N–H and O–H groups in total. The number of thioether (sulfide) groups is 1. The summed E-state index contributed by atoms with van der Waals surface area (Å²) in [5.74, 6) is -0.521. The highest BCUT2D eigenvalue weighted by Gasteiger charge is 2.36. The van der Waals surface area contributed by atoms with Crippen LogP contribution >= 0.6 is 23.4 Å². The van der Waals surface area contributed by atoms with Crippen LogP contribution in [0.15, 0.2) is 78.0 Å². The number of aromatic nitrogens is 3. The first-order valence-corrected chi connectivity index (χ1v) is 13.4. The van der Waals surface area contributed by atoms with Crippen molar-refractivity contribution in [3.05, 3.63) is 100 Å². The van der Waals surface area contributed by atoms with Crippen molar-refractivity contribution in [2.24, 2.45) is 0 Å². The first-order valence-electron chi connectivity index (χ1n) is 12.0. The summed E-state index contributed by atoms with van der Waals surface area (Å²) in [6.07, 6.45) is 0.437. The number of hydrogen-bond donors (Lipinski definition) is 1. The molecule has 0 saturated heterocycles. The summed E-state index contributed by atoms with van der Waals surface area (Å²) < 4.78 is 1.82. The molecule has 0 bridgehead atoms. The predicted molar refractivity (Wildman–Crippen MR) is 148 cm³/mol. The topological polar surface area (TPSA) is 114 Å². The zero-order valence-corrected chi connectivity index (χ0v) is 22.3. The fraction of sp³-hybridized carbons (Fsp3) is 0.143. The van der Waals surface area contributed by atoms with Crippen LogP contribution in [0, 0.1) is 0 Å². The number of anilines is 1. The van der Waals surface area contributed by atoms with Gasteiger partial charge in [0.25, 0.3) is 11.8 Å². The van der Waals surface area contributed by atoms with E-state index in [0.717, 1.165) is 10.6 Å². The normalized spacial score (nSPS) is 12.5. The van der Waals surface area contributed by atoms with Gasteiger partial charge in [0.15, 0.2) is 10.9 Å². The van der Waals surface area contributed by atoms with E-state index in [0.29, 0.717) is 51.3 Å². The van der Waals surface area contributed by atoms with Crippen molar-refractivity contribution in [1.82, 2.24) is 20.1 Å². The molecule has 2 heterocycles. The number of imide groups is 1. The number of ketones is 1. The molecule has 0 fully saturated rings. The van der Waals surface area contributed by atoms with Crippen molar-refractivity contribution in [2.75, 3.05) is 17.2 Å². The van der Waals surface area contributed by atoms with Gasteiger partial charge in [-0.15, -0.1) is 10.2 Å². The monoisotopic (exact) mass is 559 g/mol. The van der Waals surface area contributed by atoms with Gasteiger partial charge in [0.2, 0.25) is 5.91 Å². The summed E-state index contributed by atoms with van der Waals surface area (Å²) >= 11 is 7.27. The molecule has 9 nitrogen and oxygen atoms in total.